The molecule has 0 saturated heterocycles. The first kappa shape index (κ1) is 33.3. The molecule has 0 fully saturated rings. The average Bonchev–Trinajstić information content (AvgIpc) is 2.86. The van der Waals surface area contributed by atoms with Crippen molar-refractivity contribution in [3.63, 3.8) is 0 Å². The predicted octanol–water partition coefficient (Wildman–Crippen LogP) is -0.624. The smallest absolute Gasteiger partial charge is 0.423 e. The number of ether oxygens (including phenoxy) is 1. The number of hydrogen-bond acceptors (Lipinski definition) is 11. The zero-order valence-electron chi connectivity index (χ0n) is 23.0. The van der Waals surface area contributed by atoms with Gasteiger partial charge in [-0.15, -0.1) is 0 Å². The number of nitro benzene ring substituents is 2. The third-order valence-electron chi connectivity index (χ3n) is 6.22. The summed E-state index contributed by atoms with van der Waals surface area (Å²) in [6, 6.07) is 6.63. The van der Waals surface area contributed by atoms with Crippen LogP contribution in [0.3, 0.4) is 0 Å². The molecule has 15 nitrogen and oxygen atoms in total. The molecule has 0 aliphatic heterocycles. The van der Waals surface area contributed by atoms with Crippen LogP contribution in [0.1, 0.15) is 61.3 Å². The van der Waals surface area contributed by atoms with Gasteiger partial charge in [-0.3, -0.25) is 29.8 Å². The Bertz CT molecular complexity index is 1300. The average molecular weight is 574 g/mol. The number of carbonyl (C=O) groups is 2. The van der Waals surface area contributed by atoms with E-state index in [1.54, 1.807) is 27.7 Å². The van der Waals surface area contributed by atoms with Gasteiger partial charge in [-0.05, 0) is 52.7 Å². The highest BCUT2D eigenvalue weighted by molar-refractivity contribution is 6.60. The number of nitrogens with one attached hydrogen (secondary N) is 2. The van der Waals surface area contributed by atoms with Gasteiger partial charge in [-0.1, -0.05) is 12.1 Å². The lowest BCUT2D eigenvalue weighted by molar-refractivity contribution is -0.383. The Hall–Kier alpha value is -3.89. The molecular weight excluding hydrogens is 542 g/mol. The Morgan fingerprint density at radius 1 is 0.829 bits per heavy atom. The van der Waals surface area contributed by atoms with E-state index in [1.807, 2.05) is 0 Å². The fraction of sp³-hybridized carbons (Fsp3) is 0.417. The summed E-state index contributed by atoms with van der Waals surface area (Å²) in [7, 11) is -4.12. The summed E-state index contributed by atoms with van der Waals surface area (Å²) in [5, 5.41) is 65.0. The van der Waals surface area contributed by atoms with Crippen molar-refractivity contribution < 1.29 is 44.3 Å². The molecular formula is C24H32B2N4O11. The minimum Gasteiger partial charge on any atom is -0.423 e. The van der Waals surface area contributed by atoms with Gasteiger partial charge in [0.25, 0.3) is 23.2 Å². The van der Waals surface area contributed by atoms with E-state index < -0.39 is 58.4 Å². The topological polar surface area (TPSA) is 235 Å². The van der Waals surface area contributed by atoms with Crippen LogP contribution >= 0.6 is 0 Å². The standard InChI is InChI=1S/C24H32B2N4O11/c1-23(2,28-22(32)16-6-8-18(26(35)36)20(14-16)30(39)40)10-12-41-24(3,4)9-11-27-21(31)15-5-7-17(25(33)34)19(13-15)29(37)38/h5-8,13-14,33-36H,9-12H2,1-4H3,(H,27,31)(H,28,32). The summed E-state index contributed by atoms with van der Waals surface area (Å²) in [6.45, 7) is 7.44. The van der Waals surface area contributed by atoms with Crippen molar-refractivity contribution in [2.45, 2.75) is 51.7 Å². The lowest BCUT2D eigenvalue weighted by Gasteiger charge is -2.30. The van der Waals surface area contributed by atoms with Gasteiger partial charge in [0, 0.05) is 42.0 Å². The van der Waals surface area contributed by atoms with Crippen LogP contribution in [0, 0.1) is 20.2 Å². The molecule has 0 aliphatic carbocycles. The molecule has 2 aromatic carbocycles. The monoisotopic (exact) mass is 574 g/mol. The number of amides is 2. The van der Waals surface area contributed by atoms with Gasteiger partial charge < -0.3 is 35.5 Å². The number of nitrogens with zero attached hydrogens (tertiary/aromatic N) is 2. The molecule has 2 amide bonds. The molecule has 0 unspecified atom stereocenters. The molecule has 220 valence electrons. The minimum absolute atomic E-state index is 0.0233. The van der Waals surface area contributed by atoms with Crippen molar-refractivity contribution in [1.82, 2.24) is 10.6 Å². The van der Waals surface area contributed by atoms with Gasteiger partial charge in [0.1, 0.15) is 0 Å². The molecule has 0 aromatic heterocycles. The van der Waals surface area contributed by atoms with Gasteiger partial charge >= 0.3 is 14.2 Å². The summed E-state index contributed by atoms with van der Waals surface area (Å²) < 4.78 is 5.93. The van der Waals surface area contributed by atoms with Gasteiger partial charge in [-0.25, -0.2) is 0 Å². The van der Waals surface area contributed by atoms with E-state index in [-0.39, 0.29) is 35.2 Å². The zero-order valence-corrected chi connectivity index (χ0v) is 23.0. The first-order valence-corrected chi connectivity index (χ1v) is 12.5. The van der Waals surface area contributed by atoms with Crippen LogP contribution in [0.2, 0.25) is 0 Å². The molecule has 0 spiro atoms. The van der Waals surface area contributed by atoms with E-state index in [0.29, 0.717) is 12.8 Å². The Balaban J connectivity index is 1.89. The van der Waals surface area contributed by atoms with Crippen LogP contribution in [0.15, 0.2) is 36.4 Å². The normalized spacial score (nSPS) is 11.5. The SMILES string of the molecule is CC(C)(CCOC(C)(C)CCNC(=O)c1ccc(B(O)O)c([N+](=O)[O-])c1)NC(=O)c1ccc(B(O)O)c([N+](=O)[O-])c1. The summed E-state index contributed by atoms with van der Waals surface area (Å²) in [5.74, 6) is -1.19. The number of rotatable bonds is 14. The molecule has 0 bridgehead atoms. The van der Waals surface area contributed by atoms with Crippen LogP contribution in [0.5, 0.6) is 0 Å². The Morgan fingerprint density at radius 2 is 1.29 bits per heavy atom. The largest absolute Gasteiger partial charge is 0.495 e. The Morgan fingerprint density at radius 3 is 1.73 bits per heavy atom. The van der Waals surface area contributed by atoms with Crippen LogP contribution in [-0.4, -0.2) is 80.3 Å². The van der Waals surface area contributed by atoms with Crippen LogP contribution in [0.25, 0.3) is 0 Å². The second-order valence-corrected chi connectivity index (χ2v) is 10.5. The minimum atomic E-state index is -2.06. The molecule has 6 N–H and O–H groups in total. The quantitative estimate of drug-likeness (QED) is 0.0945. The summed E-state index contributed by atoms with van der Waals surface area (Å²) in [5.41, 5.74) is -3.39. The van der Waals surface area contributed by atoms with Gasteiger partial charge in [0.15, 0.2) is 0 Å². The number of benzene rings is 2. The maximum Gasteiger partial charge on any atom is 0.495 e. The molecule has 2 aromatic rings. The molecule has 0 heterocycles. The zero-order chi connectivity index (χ0) is 31.1. The van der Waals surface area contributed by atoms with E-state index >= 15 is 0 Å². The van der Waals surface area contributed by atoms with Crippen molar-refractivity contribution in [3.8, 4) is 0 Å². The van der Waals surface area contributed by atoms with E-state index in [4.69, 9.17) is 4.74 Å². The highest BCUT2D eigenvalue weighted by Crippen LogP contribution is 2.19. The lowest BCUT2D eigenvalue weighted by atomic mass is 9.78. The van der Waals surface area contributed by atoms with E-state index in [9.17, 15) is 49.9 Å². The van der Waals surface area contributed by atoms with Gasteiger partial charge in [0.05, 0.1) is 26.4 Å². The predicted molar refractivity (Wildman–Crippen MR) is 149 cm³/mol. The highest BCUT2D eigenvalue weighted by atomic mass is 16.6. The first-order chi connectivity index (χ1) is 18.9. The first-order valence-electron chi connectivity index (χ1n) is 12.5. The Labute approximate surface area is 236 Å². The molecule has 0 saturated carbocycles. The number of carbonyl (C=O) groups excluding carboxylic acids is 2. The second-order valence-electron chi connectivity index (χ2n) is 10.5. The molecule has 0 atom stereocenters. The fourth-order valence-electron chi connectivity index (χ4n) is 3.80. The van der Waals surface area contributed by atoms with Crippen LogP contribution < -0.4 is 21.6 Å². The third-order valence-corrected chi connectivity index (χ3v) is 6.22. The highest BCUT2D eigenvalue weighted by Gasteiger charge is 2.29. The third kappa shape index (κ3) is 9.61. The second kappa shape index (κ2) is 13.6. The van der Waals surface area contributed by atoms with Crippen molar-refractivity contribution >= 4 is 48.4 Å². The van der Waals surface area contributed by atoms with Crippen molar-refractivity contribution in [2.75, 3.05) is 13.2 Å². The van der Waals surface area contributed by atoms with E-state index in [2.05, 4.69) is 10.6 Å². The summed E-state index contributed by atoms with van der Waals surface area (Å²) >= 11 is 0. The maximum absolute atomic E-state index is 12.7. The van der Waals surface area contributed by atoms with Crippen LogP contribution in [0.4, 0.5) is 11.4 Å². The molecule has 41 heavy (non-hydrogen) atoms. The van der Waals surface area contributed by atoms with Gasteiger partial charge in [0.2, 0.25) is 0 Å². The lowest BCUT2D eigenvalue weighted by Crippen LogP contribution is -2.45. The summed E-state index contributed by atoms with van der Waals surface area (Å²) in [4.78, 5) is 46.0. The number of nitro groups is 2. The van der Waals surface area contributed by atoms with Gasteiger partial charge in [-0.2, -0.15) is 0 Å². The van der Waals surface area contributed by atoms with E-state index in [0.717, 1.165) is 24.3 Å². The molecule has 0 radical (unpaired) electrons. The number of hydrogen-bond donors (Lipinski definition) is 6. The fourth-order valence-corrected chi connectivity index (χ4v) is 3.80. The maximum atomic E-state index is 12.7. The molecule has 0 aliphatic rings. The summed E-state index contributed by atoms with van der Waals surface area (Å²) in [6.07, 6.45) is 0.727. The van der Waals surface area contributed by atoms with Crippen LogP contribution in [-0.2, 0) is 4.74 Å². The van der Waals surface area contributed by atoms with Crippen molar-refractivity contribution in [3.05, 3.63) is 67.8 Å². The van der Waals surface area contributed by atoms with Crippen molar-refractivity contribution in [2.24, 2.45) is 0 Å². The van der Waals surface area contributed by atoms with E-state index in [1.165, 1.54) is 12.1 Å². The Kier molecular flexibility index (Phi) is 11.1. The molecule has 17 heteroatoms. The van der Waals surface area contributed by atoms with Crippen molar-refractivity contribution in [1.29, 1.82) is 0 Å². The molecule has 2 rings (SSSR count).